The monoisotopic (exact) mass is 193 g/mol. The summed E-state index contributed by atoms with van der Waals surface area (Å²) in [4.78, 5) is 0. The van der Waals surface area contributed by atoms with E-state index in [-0.39, 0.29) is 0 Å². The Kier molecular flexibility index (Phi) is 2.31. The molecule has 4 atom stereocenters. The minimum Gasteiger partial charge on any atom is -0.311 e. The Balaban J connectivity index is 1.51. The fraction of sp³-hybridized carbons (Fsp3) is 1.00. The van der Waals surface area contributed by atoms with E-state index in [0.717, 1.165) is 29.8 Å². The van der Waals surface area contributed by atoms with Crippen LogP contribution in [0.1, 0.15) is 51.9 Å². The summed E-state index contributed by atoms with van der Waals surface area (Å²) in [7, 11) is 0. The van der Waals surface area contributed by atoms with Crippen molar-refractivity contribution in [3.05, 3.63) is 0 Å². The lowest BCUT2D eigenvalue weighted by Crippen LogP contribution is -2.39. The van der Waals surface area contributed by atoms with Crippen molar-refractivity contribution in [3.63, 3.8) is 0 Å². The van der Waals surface area contributed by atoms with Crippen LogP contribution in [-0.4, -0.2) is 12.1 Å². The molecule has 0 aromatic rings. The topological polar surface area (TPSA) is 12.0 Å². The van der Waals surface area contributed by atoms with E-state index in [1.165, 1.54) is 38.5 Å². The van der Waals surface area contributed by atoms with Crippen molar-refractivity contribution in [3.8, 4) is 0 Å². The van der Waals surface area contributed by atoms with Gasteiger partial charge in [0.1, 0.15) is 0 Å². The highest BCUT2D eigenvalue weighted by Crippen LogP contribution is 2.52. The van der Waals surface area contributed by atoms with E-state index in [1.807, 2.05) is 0 Å². The normalized spacial score (nSPS) is 50.8. The molecule has 1 heteroatoms. The van der Waals surface area contributed by atoms with E-state index in [0.29, 0.717) is 0 Å². The van der Waals surface area contributed by atoms with Gasteiger partial charge in [-0.2, -0.15) is 0 Å². The lowest BCUT2D eigenvalue weighted by molar-refractivity contribution is 0.337. The molecule has 14 heavy (non-hydrogen) atoms. The average Bonchev–Trinajstić information content (AvgIpc) is 2.66. The fourth-order valence-electron chi connectivity index (χ4n) is 3.90. The summed E-state index contributed by atoms with van der Waals surface area (Å²) in [5.41, 5.74) is 0. The van der Waals surface area contributed by atoms with Gasteiger partial charge in [-0.15, -0.1) is 0 Å². The highest BCUT2D eigenvalue weighted by atomic mass is 15.0. The van der Waals surface area contributed by atoms with Crippen LogP contribution in [0.2, 0.25) is 0 Å². The fourth-order valence-corrected chi connectivity index (χ4v) is 3.90. The highest BCUT2D eigenvalue weighted by molar-refractivity contribution is 5.00. The number of rotatable bonds is 3. The molecule has 0 aliphatic heterocycles. The summed E-state index contributed by atoms with van der Waals surface area (Å²) >= 11 is 0. The Morgan fingerprint density at radius 1 is 1.07 bits per heavy atom. The van der Waals surface area contributed by atoms with Crippen LogP contribution >= 0.6 is 0 Å². The summed E-state index contributed by atoms with van der Waals surface area (Å²) in [6.45, 7) is 2.36. The van der Waals surface area contributed by atoms with Gasteiger partial charge in [0.15, 0.2) is 0 Å². The SMILES string of the molecule is CCC1CCCC1NC1CC2CC2C1. The van der Waals surface area contributed by atoms with Gasteiger partial charge in [0.05, 0.1) is 0 Å². The zero-order valence-corrected chi connectivity index (χ0v) is 9.34. The summed E-state index contributed by atoms with van der Waals surface area (Å²) in [6.07, 6.45) is 10.3. The molecular formula is C13H23N. The Hall–Kier alpha value is -0.0400. The van der Waals surface area contributed by atoms with Crippen LogP contribution in [0.25, 0.3) is 0 Å². The van der Waals surface area contributed by atoms with E-state index in [2.05, 4.69) is 12.2 Å². The molecule has 0 amide bonds. The Morgan fingerprint density at radius 2 is 1.86 bits per heavy atom. The Morgan fingerprint density at radius 3 is 2.57 bits per heavy atom. The van der Waals surface area contributed by atoms with Gasteiger partial charge in [0.2, 0.25) is 0 Å². The van der Waals surface area contributed by atoms with Gasteiger partial charge < -0.3 is 5.32 Å². The summed E-state index contributed by atoms with van der Waals surface area (Å²) in [6, 6.07) is 1.78. The number of hydrogen-bond donors (Lipinski definition) is 1. The molecule has 0 heterocycles. The van der Waals surface area contributed by atoms with E-state index < -0.39 is 0 Å². The first-order valence-electron chi connectivity index (χ1n) is 6.63. The molecule has 3 aliphatic rings. The van der Waals surface area contributed by atoms with Gasteiger partial charge in [-0.25, -0.2) is 0 Å². The molecule has 0 bridgehead atoms. The van der Waals surface area contributed by atoms with Crippen molar-refractivity contribution in [2.24, 2.45) is 17.8 Å². The van der Waals surface area contributed by atoms with Crippen molar-refractivity contribution in [2.45, 2.75) is 64.0 Å². The predicted octanol–water partition coefficient (Wildman–Crippen LogP) is 2.95. The summed E-state index contributed by atoms with van der Waals surface area (Å²) in [5, 5.41) is 3.94. The van der Waals surface area contributed by atoms with Gasteiger partial charge in [-0.3, -0.25) is 0 Å². The Labute approximate surface area is 87.7 Å². The van der Waals surface area contributed by atoms with Crippen molar-refractivity contribution < 1.29 is 0 Å². The predicted molar refractivity (Wildman–Crippen MR) is 59.2 cm³/mol. The molecule has 4 unspecified atom stereocenters. The van der Waals surface area contributed by atoms with Crippen LogP contribution < -0.4 is 5.32 Å². The first kappa shape index (κ1) is 9.21. The number of fused-ring (bicyclic) bond motifs is 1. The largest absolute Gasteiger partial charge is 0.311 e. The molecule has 3 aliphatic carbocycles. The molecule has 0 aromatic carbocycles. The second kappa shape index (κ2) is 3.52. The van der Waals surface area contributed by atoms with Crippen LogP contribution in [0.3, 0.4) is 0 Å². The third-order valence-corrected chi connectivity index (χ3v) is 4.88. The molecule has 0 spiro atoms. The first-order valence-corrected chi connectivity index (χ1v) is 6.63. The van der Waals surface area contributed by atoms with Gasteiger partial charge in [0.25, 0.3) is 0 Å². The van der Waals surface area contributed by atoms with Gasteiger partial charge in [-0.05, 0) is 49.9 Å². The van der Waals surface area contributed by atoms with Crippen molar-refractivity contribution in [2.75, 3.05) is 0 Å². The summed E-state index contributed by atoms with van der Waals surface area (Å²) in [5.74, 6) is 3.26. The third kappa shape index (κ3) is 1.60. The lowest BCUT2D eigenvalue weighted by atomic mass is 9.99. The minimum absolute atomic E-state index is 0.877. The van der Waals surface area contributed by atoms with Crippen LogP contribution in [0, 0.1) is 17.8 Å². The molecule has 3 saturated carbocycles. The van der Waals surface area contributed by atoms with E-state index in [1.54, 1.807) is 6.42 Å². The number of hydrogen-bond acceptors (Lipinski definition) is 1. The molecule has 1 N–H and O–H groups in total. The quantitative estimate of drug-likeness (QED) is 0.726. The second-order valence-corrected chi connectivity index (χ2v) is 5.80. The average molecular weight is 193 g/mol. The standard InChI is InChI=1S/C13H23N/c1-2-9-4-3-5-13(9)14-12-7-10-6-11(10)8-12/h9-14H,2-8H2,1H3. The van der Waals surface area contributed by atoms with Crippen molar-refractivity contribution in [1.29, 1.82) is 0 Å². The molecule has 0 aromatic heterocycles. The van der Waals surface area contributed by atoms with Gasteiger partial charge >= 0.3 is 0 Å². The maximum atomic E-state index is 3.94. The third-order valence-electron chi connectivity index (χ3n) is 4.88. The van der Waals surface area contributed by atoms with Gasteiger partial charge in [0, 0.05) is 12.1 Å². The maximum absolute atomic E-state index is 3.94. The van der Waals surface area contributed by atoms with Gasteiger partial charge in [-0.1, -0.05) is 19.8 Å². The highest BCUT2D eigenvalue weighted by Gasteiger charge is 2.46. The van der Waals surface area contributed by atoms with Crippen molar-refractivity contribution in [1.82, 2.24) is 5.32 Å². The molecule has 0 radical (unpaired) electrons. The van der Waals surface area contributed by atoms with E-state index >= 15 is 0 Å². The second-order valence-electron chi connectivity index (χ2n) is 5.80. The maximum Gasteiger partial charge on any atom is 0.00978 e. The molecule has 3 rings (SSSR count). The zero-order chi connectivity index (χ0) is 9.54. The Bertz CT molecular complexity index is 203. The van der Waals surface area contributed by atoms with E-state index in [9.17, 15) is 0 Å². The summed E-state index contributed by atoms with van der Waals surface area (Å²) < 4.78 is 0. The van der Waals surface area contributed by atoms with Crippen molar-refractivity contribution >= 4 is 0 Å². The molecular weight excluding hydrogens is 170 g/mol. The number of nitrogens with one attached hydrogen (secondary N) is 1. The van der Waals surface area contributed by atoms with Crippen LogP contribution in [-0.2, 0) is 0 Å². The molecule has 3 fully saturated rings. The zero-order valence-electron chi connectivity index (χ0n) is 9.34. The van der Waals surface area contributed by atoms with Crippen LogP contribution in [0.4, 0.5) is 0 Å². The minimum atomic E-state index is 0.877. The lowest BCUT2D eigenvalue weighted by Gasteiger charge is -2.24. The molecule has 0 saturated heterocycles. The van der Waals surface area contributed by atoms with Crippen LogP contribution in [0.15, 0.2) is 0 Å². The molecule has 80 valence electrons. The first-order chi connectivity index (χ1) is 6.86. The van der Waals surface area contributed by atoms with E-state index in [4.69, 9.17) is 0 Å². The molecule has 1 nitrogen and oxygen atoms in total. The smallest absolute Gasteiger partial charge is 0.00978 e. The van der Waals surface area contributed by atoms with Crippen LogP contribution in [0.5, 0.6) is 0 Å².